The molecular formula is C20H23NO6S. The molecule has 150 valence electrons. The molecule has 1 atom stereocenters. The number of amides is 1. The SMILES string of the molecule is CSCC[C@H](NC(=O)COc1ccc2c3c(c(=O)oc2c1)CCCC3)C(=O)O. The van der Waals surface area contributed by atoms with Gasteiger partial charge in [0, 0.05) is 17.0 Å². The summed E-state index contributed by atoms with van der Waals surface area (Å²) in [6, 6.07) is 4.23. The molecule has 2 aromatic rings. The fourth-order valence-electron chi connectivity index (χ4n) is 3.39. The first kappa shape index (κ1) is 20.3. The number of carbonyl (C=O) groups excluding carboxylic acids is 1. The lowest BCUT2D eigenvalue weighted by atomic mass is 9.91. The highest BCUT2D eigenvalue weighted by atomic mass is 32.2. The molecule has 1 heterocycles. The van der Waals surface area contributed by atoms with E-state index >= 15 is 0 Å². The number of rotatable bonds is 8. The van der Waals surface area contributed by atoms with E-state index in [1.54, 1.807) is 12.1 Å². The number of carbonyl (C=O) groups is 2. The van der Waals surface area contributed by atoms with Gasteiger partial charge in [-0.1, -0.05) is 0 Å². The molecule has 0 saturated heterocycles. The van der Waals surface area contributed by atoms with E-state index in [4.69, 9.17) is 14.3 Å². The normalized spacial score (nSPS) is 14.3. The Balaban J connectivity index is 1.68. The highest BCUT2D eigenvalue weighted by molar-refractivity contribution is 7.98. The zero-order chi connectivity index (χ0) is 20.1. The summed E-state index contributed by atoms with van der Waals surface area (Å²) in [5, 5.41) is 12.5. The summed E-state index contributed by atoms with van der Waals surface area (Å²) in [4.78, 5) is 35.4. The first-order valence-electron chi connectivity index (χ1n) is 9.22. The van der Waals surface area contributed by atoms with Crippen LogP contribution < -0.4 is 15.7 Å². The fraction of sp³-hybridized carbons (Fsp3) is 0.450. The van der Waals surface area contributed by atoms with Crippen molar-refractivity contribution in [2.75, 3.05) is 18.6 Å². The van der Waals surface area contributed by atoms with Gasteiger partial charge in [0.2, 0.25) is 0 Å². The summed E-state index contributed by atoms with van der Waals surface area (Å²) in [7, 11) is 0. The van der Waals surface area contributed by atoms with E-state index in [0.29, 0.717) is 23.5 Å². The predicted octanol–water partition coefficient (Wildman–Crippen LogP) is 2.37. The van der Waals surface area contributed by atoms with E-state index in [1.807, 2.05) is 12.3 Å². The Hall–Kier alpha value is -2.48. The lowest BCUT2D eigenvalue weighted by molar-refractivity contribution is -0.142. The van der Waals surface area contributed by atoms with Gasteiger partial charge in [0.05, 0.1) is 0 Å². The molecule has 0 radical (unpaired) electrons. The highest BCUT2D eigenvalue weighted by Crippen LogP contribution is 2.29. The maximum atomic E-state index is 12.2. The number of thioether (sulfide) groups is 1. The van der Waals surface area contributed by atoms with Crippen molar-refractivity contribution in [2.45, 2.75) is 38.1 Å². The van der Waals surface area contributed by atoms with Crippen LogP contribution in [0.3, 0.4) is 0 Å². The molecule has 1 aromatic carbocycles. The predicted molar refractivity (Wildman–Crippen MR) is 107 cm³/mol. The Bertz CT molecular complexity index is 938. The number of nitrogens with one attached hydrogen (secondary N) is 1. The van der Waals surface area contributed by atoms with Crippen LogP contribution in [-0.4, -0.2) is 41.6 Å². The van der Waals surface area contributed by atoms with E-state index in [9.17, 15) is 14.4 Å². The number of fused-ring (bicyclic) bond motifs is 3. The van der Waals surface area contributed by atoms with Crippen molar-refractivity contribution in [3.05, 3.63) is 39.7 Å². The molecule has 7 nitrogen and oxygen atoms in total. The molecule has 3 rings (SSSR count). The molecule has 28 heavy (non-hydrogen) atoms. The summed E-state index contributed by atoms with van der Waals surface area (Å²) in [6.45, 7) is -0.316. The van der Waals surface area contributed by atoms with Crippen LogP contribution >= 0.6 is 11.8 Å². The van der Waals surface area contributed by atoms with Crippen LogP contribution in [0.1, 0.15) is 30.4 Å². The number of carboxylic acids is 1. The summed E-state index contributed by atoms with van der Waals surface area (Å²) in [6.07, 6.45) is 5.85. The standard InChI is InChI=1S/C20H23NO6S/c1-28-9-8-16(19(23)24)21-18(22)11-26-12-6-7-14-13-4-2-3-5-15(13)20(25)27-17(14)10-12/h6-7,10,16H,2-5,8-9,11H2,1H3,(H,21,22)(H,23,24)/t16-/m0/s1. The summed E-state index contributed by atoms with van der Waals surface area (Å²) in [5.74, 6) is -0.565. The molecule has 1 amide bonds. The lowest BCUT2D eigenvalue weighted by Gasteiger charge is -2.16. The quantitative estimate of drug-likeness (QED) is 0.650. The second kappa shape index (κ2) is 9.14. The fourth-order valence-corrected chi connectivity index (χ4v) is 3.86. The highest BCUT2D eigenvalue weighted by Gasteiger charge is 2.20. The van der Waals surface area contributed by atoms with Gasteiger partial charge in [-0.05, 0) is 61.8 Å². The molecule has 0 saturated carbocycles. The summed E-state index contributed by atoms with van der Waals surface area (Å²) < 4.78 is 10.9. The van der Waals surface area contributed by atoms with E-state index in [-0.39, 0.29) is 12.2 Å². The maximum Gasteiger partial charge on any atom is 0.339 e. The van der Waals surface area contributed by atoms with Gasteiger partial charge in [-0.3, -0.25) is 4.79 Å². The first-order valence-corrected chi connectivity index (χ1v) is 10.6. The van der Waals surface area contributed by atoms with Crippen molar-refractivity contribution in [1.82, 2.24) is 5.32 Å². The Morgan fingerprint density at radius 1 is 1.29 bits per heavy atom. The minimum Gasteiger partial charge on any atom is -0.484 e. The zero-order valence-electron chi connectivity index (χ0n) is 15.7. The third kappa shape index (κ3) is 4.67. The smallest absolute Gasteiger partial charge is 0.339 e. The van der Waals surface area contributed by atoms with Crippen LogP contribution in [0.15, 0.2) is 27.4 Å². The van der Waals surface area contributed by atoms with Crippen molar-refractivity contribution in [3.63, 3.8) is 0 Å². The Kier molecular flexibility index (Phi) is 6.61. The third-order valence-corrected chi connectivity index (χ3v) is 5.45. The average molecular weight is 405 g/mol. The molecule has 0 aliphatic heterocycles. The van der Waals surface area contributed by atoms with Crippen LogP contribution in [0.25, 0.3) is 11.0 Å². The number of hydrogen-bond acceptors (Lipinski definition) is 6. The zero-order valence-corrected chi connectivity index (χ0v) is 16.5. The largest absolute Gasteiger partial charge is 0.484 e. The van der Waals surface area contributed by atoms with Crippen molar-refractivity contribution < 1.29 is 23.8 Å². The molecule has 1 aliphatic rings. The first-order chi connectivity index (χ1) is 13.5. The number of aryl methyl sites for hydroxylation is 1. The van der Waals surface area contributed by atoms with E-state index < -0.39 is 17.9 Å². The van der Waals surface area contributed by atoms with Crippen LogP contribution in [0.4, 0.5) is 0 Å². The summed E-state index contributed by atoms with van der Waals surface area (Å²) >= 11 is 1.51. The lowest BCUT2D eigenvalue weighted by Crippen LogP contribution is -2.43. The molecule has 0 fully saturated rings. The molecule has 0 bridgehead atoms. The number of carboxylic acid groups (broad SMARTS) is 1. The van der Waals surface area contributed by atoms with Crippen molar-refractivity contribution in [1.29, 1.82) is 0 Å². The Labute approximate surface area is 166 Å². The number of ether oxygens (including phenoxy) is 1. The summed E-state index contributed by atoms with van der Waals surface area (Å²) in [5.41, 5.74) is 1.93. The monoisotopic (exact) mass is 405 g/mol. The second-order valence-electron chi connectivity index (χ2n) is 6.74. The van der Waals surface area contributed by atoms with Crippen LogP contribution in [0, 0.1) is 0 Å². The van der Waals surface area contributed by atoms with Gasteiger partial charge in [0.15, 0.2) is 6.61 Å². The minimum absolute atomic E-state index is 0.310. The molecule has 0 unspecified atom stereocenters. The van der Waals surface area contributed by atoms with Gasteiger partial charge in [0.1, 0.15) is 17.4 Å². The van der Waals surface area contributed by atoms with Gasteiger partial charge < -0.3 is 19.6 Å². The Morgan fingerprint density at radius 3 is 2.75 bits per heavy atom. The molecule has 2 N–H and O–H groups in total. The van der Waals surface area contributed by atoms with Crippen molar-refractivity contribution >= 4 is 34.6 Å². The van der Waals surface area contributed by atoms with E-state index in [0.717, 1.165) is 42.2 Å². The topological polar surface area (TPSA) is 106 Å². The maximum absolute atomic E-state index is 12.2. The molecular weight excluding hydrogens is 382 g/mol. The third-order valence-electron chi connectivity index (χ3n) is 4.81. The Morgan fingerprint density at radius 2 is 2.04 bits per heavy atom. The van der Waals surface area contributed by atoms with Crippen molar-refractivity contribution in [3.8, 4) is 5.75 Å². The molecule has 8 heteroatoms. The molecule has 1 aromatic heterocycles. The average Bonchev–Trinajstić information content (AvgIpc) is 2.69. The molecule has 0 spiro atoms. The van der Waals surface area contributed by atoms with E-state index in [2.05, 4.69) is 5.32 Å². The van der Waals surface area contributed by atoms with Gasteiger partial charge in [0.25, 0.3) is 5.91 Å². The van der Waals surface area contributed by atoms with Gasteiger partial charge in [-0.25, -0.2) is 9.59 Å². The van der Waals surface area contributed by atoms with Gasteiger partial charge >= 0.3 is 11.6 Å². The van der Waals surface area contributed by atoms with Crippen molar-refractivity contribution in [2.24, 2.45) is 0 Å². The second-order valence-corrected chi connectivity index (χ2v) is 7.73. The van der Waals surface area contributed by atoms with Crippen LogP contribution in [0.2, 0.25) is 0 Å². The molecule has 1 aliphatic carbocycles. The van der Waals surface area contributed by atoms with Gasteiger partial charge in [-0.2, -0.15) is 11.8 Å². The number of hydrogen-bond donors (Lipinski definition) is 2. The van der Waals surface area contributed by atoms with Crippen LogP contribution in [-0.2, 0) is 22.4 Å². The number of benzene rings is 1. The van der Waals surface area contributed by atoms with Crippen LogP contribution in [0.5, 0.6) is 5.75 Å². The van der Waals surface area contributed by atoms with E-state index in [1.165, 1.54) is 11.8 Å². The minimum atomic E-state index is -1.07. The number of aliphatic carboxylic acids is 1. The van der Waals surface area contributed by atoms with Gasteiger partial charge in [-0.15, -0.1) is 0 Å².